The normalized spacial score (nSPS) is 15.8. The van der Waals surface area contributed by atoms with Gasteiger partial charge in [0.25, 0.3) is 0 Å². The van der Waals surface area contributed by atoms with Crippen molar-refractivity contribution < 1.29 is 9.31 Å². The molecule has 0 spiro atoms. The van der Waals surface area contributed by atoms with E-state index < -0.39 is 0 Å². The minimum atomic E-state index is -0.292. The van der Waals surface area contributed by atoms with E-state index in [4.69, 9.17) is 9.31 Å². The van der Waals surface area contributed by atoms with Crippen LogP contribution in [-0.4, -0.2) is 18.3 Å². The summed E-state index contributed by atoms with van der Waals surface area (Å²) >= 11 is 0. The molecule has 0 bridgehead atoms. The quantitative estimate of drug-likeness (QED) is 0.0488. The second-order valence-electron chi connectivity index (χ2n) is 22.1. The van der Waals surface area contributed by atoms with Crippen LogP contribution >= 0.6 is 0 Å². The Labute approximate surface area is 412 Å². The van der Waals surface area contributed by atoms with Crippen LogP contribution in [-0.2, 0) is 14.7 Å². The molecule has 1 heterocycles. The third-order valence-electron chi connectivity index (χ3n) is 16.7. The molecule has 1 saturated heterocycles. The standard InChI is InChI=1S/C63H109BO2/c1-7-13-19-25-31-39-49-61(50-40-32-26-20-14-8-2)59-46-38-37-45-57(59)58-48-47-56(55-60(58)61)64-65-62(51-41-33-27-21-15-9-3,52-42-34-28-22-16-10-4)63(66-64,53-43-35-29-23-17-11-5)54-44-36-30-24-18-12-6/h37-38,45-48,55H,7-36,39-44,49-54H2,1-6H3. The summed E-state index contributed by atoms with van der Waals surface area (Å²) in [7, 11) is -0.292. The molecule has 0 radical (unpaired) electrons. The zero-order chi connectivity index (χ0) is 47.0. The lowest BCUT2D eigenvalue weighted by atomic mass is 9.68. The van der Waals surface area contributed by atoms with Gasteiger partial charge in [-0.2, -0.15) is 0 Å². The van der Waals surface area contributed by atoms with Crippen molar-refractivity contribution in [1.82, 2.24) is 0 Å². The second kappa shape index (κ2) is 33.9. The number of benzene rings is 2. The highest BCUT2D eigenvalue weighted by Crippen LogP contribution is 2.55. The molecule has 0 unspecified atom stereocenters. The average Bonchev–Trinajstić information content (AvgIpc) is 3.80. The lowest BCUT2D eigenvalue weighted by Crippen LogP contribution is -2.52. The zero-order valence-electron chi connectivity index (χ0n) is 45.1. The molecule has 0 aromatic heterocycles. The first-order chi connectivity index (χ1) is 32.5. The van der Waals surface area contributed by atoms with Gasteiger partial charge in [-0.05, 0) is 66.2 Å². The fourth-order valence-corrected chi connectivity index (χ4v) is 12.6. The Bertz CT molecular complexity index is 1400. The fourth-order valence-electron chi connectivity index (χ4n) is 12.6. The third-order valence-corrected chi connectivity index (χ3v) is 16.7. The van der Waals surface area contributed by atoms with Crippen LogP contribution in [0.2, 0.25) is 0 Å². The number of fused-ring (bicyclic) bond motifs is 3. The van der Waals surface area contributed by atoms with E-state index in [1.54, 1.807) is 11.1 Å². The van der Waals surface area contributed by atoms with Gasteiger partial charge in [0.1, 0.15) is 0 Å². The van der Waals surface area contributed by atoms with Gasteiger partial charge in [-0.3, -0.25) is 0 Å². The van der Waals surface area contributed by atoms with Gasteiger partial charge in [0, 0.05) is 5.41 Å². The summed E-state index contributed by atoms with van der Waals surface area (Å²) in [4.78, 5) is 0. The van der Waals surface area contributed by atoms with Gasteiger partial charge in [-0.15, -0.1) is 0 Å². The second-order valence-corrected chi connectivity index (χ2v) is 22.1. The molecule has 0 amide bonds. The lowest BCUT2D eigenvalue weighted by molar-refractivity contribution is -0.0769. The van der Waals surface area contributed by atoms with Crippen LogP contribution in [0.5, 0.6) is 0 Å². The van der Waals surface area contributed by atoms with Crippen LogP contribution in [0.3, 0.4) is 0 Å². The molecule has 1 aliphatic heterocycles. The first-order valence-electron chi connectivity index (χ1n) is 30.1. The molecule has 2 nitrogen and oxygen atoms in total. The largest absolute Gasteiger partial charge is 0.494 e. The topological polar surface area (TPSA) is 18.5 Å². The summed E-state index contributed by atoms with van der Waals surface area (Å²) < 4.78 is 15.9. The molecule has 2 aromatic rings. The zero-order valence-corrected chi connectivity index (χ0v) is 45.1. The van der Waals surface area contributed by atoms with Crippen molar-refractivity contribution >= 4 is 12.6 Å². The molecule has 3 heteroatoms. The predicted octanol–water partition coefficient (Wildman–Crippen LogP) is 20.7. The van der Waals surface area contributed by atoms with Gasteiger partial charge < -0.3 is 9.31 Å². The van der Waals surface area contributed by atoms with E-state index in [0.717, 1.165) is 25.7 Å². The molecule has 0 atom stereocenters. The summed E-state index contributed by atoms with van der Waals surface area (Å²) in [5.41, 5.74) is 7.10. The maximum atomic E-state index is 7.95. The highest BCUT2D eigenvalue weighted by molar-refractivity contribution is 6.62. The molecule has 4 rings (SSSR count). The van der Waals surface area contributed by atoms with E-state index in [2.05, 4.69) is 84.0 Å². The van der Waals surface area contributed by atoms with Crippen LogP contribution in [0.1, 0.15) is 322 Å². The van der Waals surface area contributed by atoms with E-state index in [1.165, 1.54) is 261 Å². The first kappa shape index (κ1) is 57.0. The molecule has 0 N–H and O–H groups in total. The summed E-state index contributed by atoms with van der Waals surface area (Å²) in [5.74, 6) is 0. The minimum Gasteiger partial charge on any atom is -0.399 e. The molecular formula is C63H109BO2. The van der Waals surface area contributed by atoms with Crippen LogP contribution < -0.4 is 5.46 Å². The maximum Gasteiger partial charge on any atom is 0.494 e. The van der Waals surface area contributed by atoms with E-state index in [1.807, 2.05) is 0 Å². The molecule has 66 heavy (non-hydrogen) atoms. The first-order valence-corrected chi connectivity index (χ1v) is 30.1. The Balaban J connectivity index is 1.77. The number of hydrogen-bond donors (Lipinski definition) is 0. The highest BCUT2D eigenvalue weighted by Gasteiger charge is 2.60. The van der Waals surface area contributed by atoms with E-state index >= 15 is 0 Å². The van der Waals surface area contributed by atoms with Gasteiger partial charge in [0.15, 0.2) is 0 Å². The highest BCUT2D eigenvalue weighted by atomic mass is 16.7. The Morgan fingerprint density at radius 2 is 0.621 bits per heavy atom. The monoisotopic (exact) mass is 909 g/mol. The number of hydrogen-bond acceptors (Lipinski definition) is 2. The summed E-state index contributed by atoms with van der Waals surface area (Å²) in [5, 5.41) is 0. The van der Waals surface area contributed by atoms with Crippen molar-refractivity contribution in [3.8, 4) is 11.1 Å². The molecule has 1 aliphatic carbocycles. The van der Waals surface area contributed by atoms with E-state index in [-0.39, 0.29) is 23.7 Å². The van der Waals surface area contributed by atoms with Crippen molar-refractivity contribution in [2.75, 3.05) is 0 Å². The van der Waals surface area contributed by atoms with Gasteiger partial charge in [-0.25, -0.2) is 0 Å². The van der Waals surface area contributed by atoms with Gasteiger partial charge >= 0.3 is 7.12 Å². The third kappa shape index (κ3) is 17.7. The Morgan fingerprint density at radius 1 is 0.318 bits per heavy atom. The number of rotatable bonds is 43. The van der Waals surface area contributed by atoms with Crippen molar-refractivity contribution in [3.05, 3.63) is 53.6 Å². The van der Waals surface area contributed by atoms with Crippen molar-refractivity contribution in [2.45, 2.75) is 328 Å². The van der Waals surface area contributed by atoms with E-state index in [9.17, 15) is 0 Å². The molecule has 376 valence electrons. The molecule has 2 aromatic carbocycles. The average molecular weight is 909 g/mol. The van der Waals surface area contributed by atoms with Crippen molar-refractivity contribution in [2.24, 2.45) is 0 Å². The molecule has 2 aliphatic rings. The van der Waals surface area contributed by atoms with E-state index in [0.29, 0.717) is 0 Å². The SMILES string of the molecule is CCCCCCCCC1(CCCCCCCC)c2ccccc2-c2ccc(B3OC(CCCCCCCC)(CCCCCCCC)C(CCCCCCCC)(CCCCCCCC)O3)cc21. The fraction of sp³-hybridized carbons (Fsp3) is 0.810. The molecule has 1 fully saturated rings. The van der Waals surface area contributed by atoms with Gasteiger partial charge in [-0.1, -0.05) is 315 Å². The van der Waals surface area contributed by atoms with Gasteiger partial charge in [0.2, 0.25) is 0 Å². The molecule has 0 saturated carbocycles. The minimum absolute atomic E-state index is 0.0676. The van der Waals surface area contributed by atoms with Crippen LogP contribution in [0.25, 0.3) is 11.1 Å². The Morgan fingerprint density at radius 3 is 0.985 bits per heavy atom. The lowest BCUT2D eigenvalue weighted by Gasteiger charge is -2.46. The van der Waals surface area contributed by atoms with Crippen LogP contribution in [0.4, 0.5) is 0 Å². The predicted molar refractivity (Wildman–Crippen MR) is 294 cm³/mol. The number of unbranched alkanes of at least 4 members (excludes halogenated alkanes) is 30. The maximum absolute atomic E-state index is 7.95. The summed E-state index contributed by atoms with van der Waals surface area (Å²) in [6, 6.07) is 17.2. The Kier molecular flexibility index (Phi) is 29.3. The summed E-state index contributed by atoms with van der Waals surface area (Å²) in [6.07, 6.45) is 55.4. The Hall–Kier alpha value is -1.58. The van der Waals surface area contributed by atoms with Crippen molar-refractivity contribution in [3.63, 3.8) is 0 Å². The van der Waals surface area contributed by atoms with Crippen molar-refractivity contribution in [1.29, 1.82) is 0 Å². The molecular weight excluding hydrogens is 800 g/mol. The summed E-state index contributed by atoms with van der Waals surface area (Å²) in [6.45, 7) is 14.1. The smallest absolute Gasteiger partial charge is 0.399 e. The van der Waals surface area contributed by atoms with Crippen LogP contribution in [0.15, 0.2) is 42.5 Å². The van der Waals surface area contributed by atoms with Gasteiger partial charge in [0.05, 0.1) is 11.2 Å². The van der Waals surface area contributed by atoms with Crippen LogP contribution in [0, 0.1) is 0 Å².